The van der Waals surface area contributed by atoms with E-state index >= 15 is 0 Å². The molecule has 2 heterocycles. The van der Waals surface area contributed by atoms with Crippen molar-refractivity contribution in [2.24, 2.45) is 0 Å². The van der Waals surface area contributed by atoms with E-state index in [1.807, 2.05) is 6.92 Å². The topological polar surface area (TPSA) is 92.9 Å². The minimum absolute atomic E-state index is 0.0103. The molecular weight excluding hydrogens is 228 g/mol. The second kappa shape index (κ2) is 4.54. The number of rotatable bonds is 2. The van der Waals surface area contributed by atoms with Crippen molar-refractivity contribution in [1.29, 1.82) is 0 Å². The third kappa shape index (κ3) is 2.28. The normalized spacial score (nSPS) is 20.3. The summed E-state index contributed by atoms with van der Waals surface area (Å²) in [6.45, 7) is 3.26. The largest absolute Gasteiger partial charge is 0.475 e. The Bertz CT molecular complexity index is 442. The van der Waals surface area contributed by atoms with E-state index < -0.39 is 5.97 Å². The number of carbonyl (C=O) groups is 2. The highest BCUT2D eigenvalue weighted by Gasteiger charge is 2.27. The number of hydrogen-bond acceptors (Lipinski definition) is 5. The van der Waals surface area contributed by atoms with Crippen LogP contribution in [-0.2, 0) is 4.74 Å². The van der Waals surface area contributed by atoms with Crippen molar-refractivity contribution in [2.75, 3.05) is 19.8 Å². The summed E-state index contributed by atoms with van der Waals surface area (Å²) in [5, 5.41) is 12.1. The number of morpholine rings is 1. The molecule has 17 heavy (non-hydrogen) atoms. The number of amides is 1. The summed E-state index contributed by atoms with van der Waals surface area (Å²) >= 11 is 0. The summed E-state index contributed by atoms with van der Waals surface area (Å²) in [4.78, 5) is 24.2. The summed E-state index contributed by atoms with van der Waals surface area (Å²) in [6.07, 6.45) is 0. The number of aromatic nitrogens is 1. The molecule has 1 aliphatic rings. The third-order valence-corrected chi connectivity index (χ3v) is 2.57. The van der Waals surface area contributed by atoms with Gasteiger partial charge in [0.2, 0.25) is 5.76 Å². The molecule has 1 atom stereocenters. The lowest BCUT2D eigenvalue weighted by Gasteiger charge is -2.32. The Morgan fingerprint density at radius 1 is 1.59 bits per heavy atom. The van der Waals surface area contributed by atoms with Crippen LogP contribution in [-0.4, -0.2) is 52.8 Å². The Balaban J connectivity index is 2.15. The summed E-state index contributed by atoms with van der Waals surface area (Å²) in [6, 6.07) is 1.08. The van der Waals surface area contributed by atoms with Crippen LogP contribution in [0.1, 0.15) is 28.0 Å². The molecule has 1 fully saturated rings. The fraction of sp³-hybridized carbons (Fsp3) is 0.500. The minimum atomic E-state index is -1.24. The SMILES string of the molecule is CC1COCCN1C(=O)c1cc(C(=O)O)on1. The first-order valence-corrected chi connectivity index (χ1v) is 5.18. The summed E-state index contributed by atoms with van der Waals surface area (Å²) in [5.41, 5.74) is 0.0103. The molecule has 0 spiro atoms. The van der Waals surface area contributed by atoms with Gasteiger partial charge < -0.3 is 19.3 Å². The minimum Gasteiger partial charge on any atom is -0.475 e. The van der Waals surface area contributed by atoms with Crippen LogP contribution >= 0.6 is 0 Å². The van der Waals surface area contributed by atoms with Gasteiger partial charge in [-0.15, -0.1) is 0 Å². The molecule has 1 aliphatic heterocycles. The molecule has 92 valence electrons. The van der Waals surface area contributed by atoms with Crippen molar-refractivity contribution in [1.82, 2.24) is 10.1 Å². The fourth-order valence-electron chi connectivity index (χ4n) is 1.65. The molecular formula is C10H12N2O5. The highest BCUT2D eigenvalue weighted by atomic mass is 16.5. The van der Waals surface area contributed by atoms with Gasteiger partial charge in [-0.05, 0) is 6.92 Å². The Morgan fingerprint density at radius 2 is 2.35 bits per heavy atom. The standard InChI is InChI=1S/C10H12N2O5/c1-6-5-16-3-2-12(6)9(13)7-4-8(10(14)15)17-11-7/h4,6H,2-3,5H2,1H3,(H,14,15). The molecule has 1 saturated heterocycles. The van der Waals surface area contributed by atoms with Gasteiger partial charge in [-0.1, -0.05) is 5.16 Å². The van der Waals surface area contributed by atoms with E-state index in [9.17, 15) is 9.59 Å². The molecule has 1 amide bonds. The summed E-state index contributed by atoms with van der Waals surface area (Å²) in [7, 11) is 0. The van der Waals surface area contributed by atoms with E-state index in [1.165, 1.54) is 0 Å². The van der Waals surface area contributed by atoms with Crippen LogP contribution in [0.3, 0.4) is 0 Å². The molecule has 7 nitrogen and oxygen atoms in total. The molecule has 0 bridgehead atoms. The van der Waals surface area contributed by atoms with Crippen LogP contribution in [0.15, 0.2) is 10.6 Å². The van der Waals surface area contributed by atoms with Crippen molar-refractivity contribution < 1.29 is 24.0 Å². The molecule has 0 aromatic carbocycles. The summed E-state index contributed by atoms with van der Waals surface area (Å²) < 4.78 is 9.75. The Labute approximate surface area is 96.9 Å². The predicted octanol–water partition coefficient (Wildman–Crippen LogP) is 0.234. The van der Waals surface area contributed by atoms with Crippen LogP contribution in [0.5, 0.6) is 0 Å². The van der Waals surface area contributed by atoms with Crippen molar-refractivity contribution >= 4 is 11.9 Å². The van der Waals surface area contributed by atoms with E-state index in [0.717, 1.165) is 6.07 Å². The zero-order valence-electron chi connectivity index (χ0n) is 9.25. The highest BCUT2D eigenvalue weighted by Crippen LogP contribution is 2.12. The first kappa shape index (κ1) is 11.6. The first-order chi connectivity index (χ1) is 8.09. The number of carboxylic acids is 1. The molecule has 0 aliphatic carbocycles. The van der Waals surface area contributed by atoms with Crippen molar-refractivity contribution in [3.8, 4) is 0 Å². The van der Waals surface area contributed by atoms with E-state index in [0.29, 0.717) is 19.8 Å². The lowest BCUT2D eigenvalue weighted by atomic mass is 10.2. The molecule has 1 aromatic heterocycles. The Hall–Kier alpha value is -1.89. The molecule has 0 saturated carbocycles. The average molecular weight is 240 g/mol. The van der Waals surface area contributed by atoms with Gasteiger partial charge in [0.05, 0.1) is 19.3 Å². The maximum Gasteiger partial charge on any atom is 0.374 e. The van der Waals surface area contributed by atoms with Crippen molar-refractivity contribution in [3.05, 3.63) is 17.5 Å². The maximum absolute atomic E-state index is 12.0. The fourth-order valence-corrected chi connectivity index (χ4v) is 1.65. The average Bonchev–Trinajstić information content (AvgIpc) is 2.78. The van der Waals surface area contributed by atoms with Crippen LogP contribution < -0.4 is 0 Å². The van der Waals surface area contributed by atoms with Gasteiger partial charge in [0.25, 0.3) is 5.91 Å². The van der Waals surface area contributed by atoms with Crippen LogP contribution in [0.2, 0.25) is 0 Å². The molecule has 1 unspecified atom stereocenters. The first-order valence-electron chi connectivity index (χ1n) is 5.18. The second-order valence-electron chi connectivity index (χ2n) is 3.80. The zero-order chi connectivity index (χ0) is 12.4. The van der Waals surface area contributed by atoms with Crippen LogP contribution in [0.4, 0.5) is 0 Å². The van der Waals surface area contributed by atoms with E-state index in [2.05, 4.69) is 9.68 Å². The number of aromatic carboxylic acids is 1. The van der Waals surface area contributed by atoms with Crippen molar-refractivity contribution in [2.45, 2.75) is 13.0 Å². The van der Waals surface area contributed by atoms with Gasteiger partial charge >= 0.3 is 5.97 Å². The van der Waals surface area contributed by atoms with Crippen LogP contribution in [0.25, 0.3) is 0 Å². The van der Waals surface area contributed by atoms with Crippen molar-refractivity contribution in [3.63, 3.8) is 0 Å². The van der Waals surface area contributed by atoms with E-state index in [1.54, 1.807) is 4.90 Å². The lowest BCUT2D eigenvalue weighted by molar-refractivity contribution is 0.00305. The number of hydrogen-bond donors (Lipinski definition) is 1. The molecule has 7 heteroatoms. The molecule has 2 rings (SSSR count). The predicted molar refractivity (Wildman–Crippen MR) is 54.8 cm³/mol. The maximum atomic E-state index is 12.0. The van der Waals surface area contributed by atoms with Gasteiger partial charge in [-0.2, -0.15) is 0 Å². The Kier molecular flexibility index (Phi) is 3.10. The second-order valence-corrected chi connectivity index (χ2v) is 3.80. The molecule has 1 N–H and O–H groups in total. The van der Waals surface area contributed by atoms with E-state index in [-0.39, 0.29) is 23.4 Å². The monoisotopic (exact) mass is 240 g/mol. The summed E-state index contributed by atoms with van der Waals surface area (Å²) in [5.74, 6) is -1.92. The number of ether oxygens (including phenoxy) is 1. The van der Waals surface area contributed by atoms with Gasteiger partial charge in [-0.25, -0.2) is 4.79 Å². The lowest BCUT2D eigenvalue weighted by Crippen LogP contribution is -2.47. The van der Waals surface area contributed by atoms with Gasteiger partial charge in [-0.3, -0.25) is 4.79 Å². The van der Waals surface area contributed by atoms with Crippen LogP contribution in [0, 0.1) is 0 Å². The third-order valence-electron chi connectivity index (χ3n) is 2.57. The smallest absolute Gasteiger partial charge is 0.374 e. The van der Waals surface area contributed by atoms with Gasteiger partial charge in [0.1, 0.15) is 0 Å². The number of carboxylic acid groups (broad SMARTS) is 1. The zero-order valence-corrected chi connectivity index (χ0v) is 9.25. The highest BCUT2D eigenvalue weighted by molar-refractivity contribution is 5.95. The number of nitrogens with zero attached hydrogens (tertiary/aromatic N) is 2. The molecule has 1 aromatic rings. The molecule has 0 radical (unpaired) electrons. The Morgan fingerprint density at radius 3 is 2.94 bits per heavy atom. The number of carbonyl (C=O) groups excluding carboxylic acids is 1. The quantitative estimate of drug-likeness (QED) is 0.795. The van der Waals surface area contributed by atoms with Gasteiger partial charge in [0, 0.05) is 12.6 Å². The van der Waals surface area contributed by atoms with Gasteiger partial charge in [0.15, 0.2) is 5.69 Å². The van der Waals surface area contributed by atoms with E-state index in [4.69, 9.17) is 9.84 Å².